The third-order valence-electron chi connectivity index (χ3n) is 1.25. The van der Waals surface area contributed by atoms with Gasteiger partial charge in [0.1, 0.15) is 0 Å². The minimum absolute atomic E-state index is 0.122. The first-order valence-corrected chi connectivity index (χ1v) is 3.90. The summed E-state index contributed by atoms with van der Waals surface area (Å²) in [5, 5.41) is 15.2. The van der Waals surface area contributed by atoms with Crippen molar-refractivity contribution >= 4 is 11.9 Å². The highest BCUT2D eigenvalue weighted by atomic mass is 16.5. The van der Waals surface area contributed by atoms with E-state index in [2.05, 4.69) is 4.74 Å². The first-order chi connectivity index (χ1) is 6.16. The van der Waals surface area contributed by atoms with Crippen molar-refractivity contribution in [1.29, 1.82) is 0 Å². The number of carboxylic acid groups (broad SMARTS) is 1. The van der Waals surface area contributed by atoms with Gasteiger partial charge in [0.25, 0.3) is 0 Å². The zero-order chi connectivity index (χ0) is 10.7. The second-order valence-electron chi connectivity index (χ2n) is 2.18. The molecule has 0 radical (unpaired) electrons. The van der Waals surface area contributed by atoms with E-state index in [0.29, 0.717) is 19.3 Å². The van der Waals surface area contributed by atoms with Crippen LogP contribution < -0.4 is 0 Å². The Balaban J connectivity index is 0. The van der Waals surface area contributed by atoms with E-state index in [1.54, 1.807) is 0 Å². The predicted octanol–water partition coefficient (Wildman–Crippen LogP) is 0.413. The number of carbonyl (C=O) groups excluding carboxylic acids is 1. The van der Waals surface area contributed by atoms with Gasteiger partial charge in [-0.1, -0.05) is 0 Å². The van der Waals surface area contributed by atoms with Crippen LogP contribution in [0.2, 0.25) is 0 Å². The molecule has 2 N–H and O–H groups in total. The Hall–Kier alpha value is -1.10. The third kappa shape index (κ3) is 13.8. The molecule has 0 spiro atoms. The minimum Gasteiger partial charge on any atom is -0.481 e. The van der Waals surface area contributed by atoms with E-state index in [9.17, 15) is 9.59 Å². The van der Waals surface area contributed by atoms with Crippen molar-refractivity contribution in [3.8, 4) is 0 Å². The Labute approximate surface area is 77.3 Å². The topological polar surface area (TPSA) is 83.8 Å². The molecular formula is C8H16O5. The van der Waals surface area contributed by atoms with E-state index in [1.165, 1.54) is 7.11 Å². The Bertz CT molecular complexity index is 143. The van der Waals surface area contributed by atoms with Gasteiger partial charge in [0.05, 0.1) is 7.11 Å². The van der Waals surface area contributed by atoms with Gasteiger partial charge in [-0.2, -0.15) is 0 Å². The minimum atomic E-state index is -0.824. The quantitative estimate of drug-likeness (QED) is 0.487. The molecule has 0 aromatic heterocycles. The van der Waals surface area contributed by atoms with Gasteiger partial charge in [0.15, 0.2) is 0 Å². The number of aliphatic hydroxyl groups is 1. The first kappa shape index (κ1) is 14.4. The molecule has 0 bridgehead atoms. The summed E-state index contributed by atoms with van der Waals surface area (Å²) in [5.74, 6) is -1.11. The van der Waals surface area contributed by atoms with Gasteiger partial charge in [-0.25, -0.2) is 0 Å². The van der Waals surface area contributed by atoms with Crippen molar-refractivity contribution in [2.45, 2.75) is 25.7 Å². The van der Waals surface area contributed by atoms with Gasteiger partial charge >= 0.3 is 11.9 Å². The molecule has 0 saturated carbocycles. The molecule has 0 aromatic carbocycles. The van der Waals surface area contributed by atoms with Gasteiger partial charge in [-0.15, -0.1) is 0 Å². The molecule has 0 fully saturated rings. The average molecular weight is 192 g/mol. The smallest absolute Gasteiger partial charge is 0.305 e. The molecule has 0 amide bonds. The van der Waals surface area contributed by atoms with Crippen LogP contribution in [0.25, 0.3) is 0 Å². The van der Waals surface area contributed by atoms with E-state index in [0.717, 1.165) is 7.11 Å². The summed E-state index contributed by atoms with van der Waals surface area (Å²) in [6.45, 7) is 0. The maximum absolute atomic E-state index is 10.5. The van der Waals surface area contributed by atoms with Crippen molar-refractivity contribution in [2.75, 3.05) is 14.2 Å². The zero-order valence-electron chi connectivity index (χ0n) is 7.95. The molecular weight excluding hydrogens is 176 g/mol. The molecule has 0 heterocycles. The molecule has 0 saturated heterocycles. The van der Waals surface area contributed by atoms with E-state index >= 15 is 0 Å². The highest BCUT2D eigenvalue weighted by molar-refractivity contribution is 5.69. The van der Waals surface area contributed by atoms with E-state index in [4.69, 9.17) is 10.2 Å². The molecule has 5 nitrogen and oxygen atoms in total. The van der Waals surface area contributed by atoms with Crippen molar-refractivity contribution in [1.82, 2.24) is 0 Å². The highest BCUT2D eigenvalue weighted by Crippen LogP contribution is 2.00. The lowest BCUT2D eigenvalue weighted by Gasteiger charge is -1.96. The Kier molecular flexibility index (Phi) is 12.1. The lowest BCUT2D eigenvalue weighted by atomic mass is 10.2. The van der Waals surface area contributed by atoms with Crippen molar-refractivity contribution in [3.63, 3.8) is 0 Å². The van der Waals surface area contributed by atoms with Crippen molar-refractivity contribution in [2.24, 2.45) is 0 Å². The number of hydrogen-bond donors (Lipinski definition) is 2. The van der Waals surface area contributed by atoms with Gasteiger partial charge in [0.2, 0.25) is 0 Å². The average Bonchev–Trinajstić information content (AvgIpc) is 2.15. The number of ether oxygens (including phenoxy) is 1. The molecule has 13 heavy (non-hydrogen) atoms. The summed E-state index contributed by atoms with van der Waals surface area (Å²) >= 11 is 0. The number of unbranched alkanes of at least 4 members (excludes halogenated alkanes) is 1. The van der Waals surface area contributed by atoms with Crippen LogP contribution in [0.5, 0.6) is 0 Å². The number of aliphatic hydroxyl groups excluding tert-OH is 1. The fraction of sp³-hybridized carbons (Fsp3) is 0.750. The van der Waals surface area contributed by atoms with Crippen molar-refractivity contribution in [3.05, 3.63) is 0 Å². The van der Waals surface area contributed by atoms with Gasteiger partial charge in [-0.05, 0) is 12.8 Å². The Morgan fingerprint density at radius 2 is 1.62 bits per heavy atom. The van der Waals surface area contributed by atoms with Crippen LogP contribution in [0.3, 0.4) is 0 Å². The van der Waals surface area contributed by atoms with E-state index < -0.39 is 5.97 Å². The number of carbonyl (C=O) groups is 2. The zero-order valence-corrected chi connectivity index (χ0v) is 7.95. The standard InChI is InChI=1S/C7H12O4.CH4O/c1-11-7(10)5-3-2-4-6(8)9;1-2/h2-5H2,1H3,(H,8,9);2H,1H3. The Morgan fingerprint density at radius 1 is 1.15 bits per heavy atom. The van der Waals surface area contributed by atoms with Crippen LogP contribution in [0.15, 0.2) is 0 Å². The monoisotopic (exact) mass is 192 g/mol. The van der Waals surface area contributed by atoms with Crippen LogP contribution in [-0.2, 0) is 14.3 Å². The summed E-state index contributed by atoms with van der Waals surface area (Å²) < 4.78 is 4.37. The molecule has 0 unspecified atom stereocenters. The molecule has 5 heteroatoms. The third-order valence-corrected chi connectivity index (χ3v) is 1.25. The number of esters is 1. The van der Waals surface area contributed by atoms with Crippen LogP contribution in [-0.4, -0.2) is 36.4 Å². The molecule has 0 aliphatic rings. The second kappa shape index (κ2) is 10.9. The number of methoxy groups -OCH3 is 1. The molecule has 0 aliphatic heterocycles. The van der Waals surface area contributed by atoms with Gasteiger partial charge in [-0.3, -0.25) is 9.59 Å². The number of carboxylic acids is 1. The molecule has 0 atom stereocenters. The SMILES string of the molecule is CO.COC(=O)CCCCC(=O)O. The maximum atomic E-state index is 10.5. The van der Waals surface area contributed by atoms with Gasteiger partial charge < -0.3 is 14.9 Å². The van der Waals surface area contributed by atoms with Crippen LogP contribution in [0.1, 0.15) is 25.7 Å². The number of aliphatic carboxylic acids is 1. The van der Waals surface area contributed by atoms with E-state index in [1.807, 2.05) is 0 Å². The second-order valence-corrected chi connectivity index (χ2v) is 2.18. The van der Waals surface area contributed by atoms with E-state index in [-0.39, 0.29) is 12.4 Å². The van der Waals surface area contributed by atoms with Crippen LogP contribution in [0, 0.1) is 0 Å². The van der Waals surface area contributed by atoms with Gasteiger partial charge in [0, 0.05) is 20.0 Å². The van der Waals surface area contributed by atoms with Crippen molar-refractivity contribution < 1.29 is 24.5 Å². The summed E-state index contributed by atoms with van der Waals surface area (Å²) in [4.78, 5) is 20.5. The maximum Gasteiger partial charge on any atom is 0.305 e. The number of rotatable bonds is 5. The summed E-state index contributed by atoms with van der Waals surface area (Å²) in [5.41, 5.74) is 0. The summed E-state index contributed by atoms with van der Waals surface area (Å²) in [6.07, 6.45) is 1.55. The lowest BCUT2D eigenvalue weighted by molar-refractivity contribution is -0.141. The van der Waals surface area contributed by atoms with Crippen LogP contribution in [0.4, 0.5) is 0 Å². The normalized spacial score (nSPS) is 8.23. The summed E-state index contributed by atoms with van der Waals surface area (Å²) in [6, 6.07) is 0. The van der Waals surface area contributed by atoms with Crippen LogP contribution >= 0.6 is 0 Å². The number of hydrogen-bond acceptors (Lipinski definition) is 4. The first-order valence-electron chi connectivity index (χ1n) is 3.90. The Morgan fingerprint density at radius 3 is 2.00 bits per heavy atom. The predicted molar refractivity (Wildman–Crippen MR) is 46.3 cm³/mol. The highest BCUT2D eigenvalue weighted by Gasteiger charge is 2.01. The molecule has 0 aromatic rings. The fourth-order valence-electron chi connectivity index (χ4n) is 0.648. The molecule has 0 aliphatic carbocycles. The fourth-order valence-corrected chi connectivity index (χ4v) is 0.648. The molecule has 0 rings (SSSR count). The summed E-state index contributed by atoms with van der Waals surface area (Å²) in [7, 11) is 2.32. The largest absolute Gasteiger partial charge is 0.481 e. The molecule has 78 valence electrons. The lowest BCUT2D eigenvalue weighted by Crippen LogP contribution is -2.00.